The fourth-order valence-corrected chi connectivity index (χ4v) is 5.46. The van der Waals surface area contributed by atoms with Gasteiger partial charge in [0.1, 0.15) is 0 Å². The van der Waals surface area contributed by atoms with Crippen molar-refractivity contribution in [3.8, 4) is 0 Å². The molecule has 5 heteroatoms. The molecule has 20 heavy (non-hydrogen) atoms. The van der Waals surface area contributed by atoms with Crippen LogP contribution >= 0.6 is 0 Å². The summed E-state index contributed by atoms with van der Waals surface area (Å²) in [6.45, 7) is 6.67. The molecule has 1 aliphatic carbocycles. The SMILES string of the molecule is CC(C)CC1(CNS(=O)(=O)C2CCCNC2)CCCC1. The van der Waals surface area contributed by atoms with Gasteiger partial charge in [-0.3, -0.25) is 0 Å². The van der Waals surface area contributed by atoms with E-state index in [1.54, 1.807) is 0 Å². The third-order valence-corrected chi connectivity index (χ3v) is 6.67. The van der Waals surface area contributed by atoms with Gasteiger partial charge in [-0.25, -0.2) is 13.1 Å². The molecule has 0 bridgehead atoms. The summed E-state index contributed by atoms with van der Waals surface area (Å²) in [5.41, 5.74) is 0.212. The van der Waals surface area contributed by atoms with Gasteiger partial charge < -0.3 is 5.32 Å². The maximum atomic E-state index is 12.4. The van der Waals surface area contributed by atoms with Gasteiger partial charge in [0.05, 0.1) is 5.25 Å². The topological polar surface area (TPSA) is 58.2 Å². The molecule has 2 aliphatic rings. The smallest absolute Gasteiger partial charge is 0.215 e. The van der Waals surface area contributed by atoms with E-state index < -0.39 is 10.0 Å². The Morgan fingerprint density at radius 1 is 1.25 bits per heavy atom. The Hall–Kier alpha value is -0.130. The maximum Gasteiger partial charge on any atom is 0.215 e. The van der Waals surface area contributed by atoms with Gasteiger partial charge in [-0.1, -0.05) is 26.7 Å². The first-order chi connectivity index (χ1) is 9.44. The monoisotopic (exact) mass is 302 g/mol. The van der Waals surface area contributed by atoms with Crippen molar-refractivity contribution in [1.82, 2.24) is 10.0 Å². The van der Waals surface area contributed by atoms with Gasteiger partial charge in [0, 0.05) is 13.1 Å². The zero-order chi connectivity index (χ0) is 14.6. The Bertz CT molecular complexity index is 394. The lowest BCUT2D eigenvalue weighted by Crippen LogP contribution is -2.47. The highest BCUT2D eigenvalue weighted by Crippen LogP contribution is 2.42. The molecule has 0 spiro atoms. The van der Waals surface area contributed by atoms with Gasteiger partial charge >= 0.3 is 0 Å². The van der Waals surface area contributed by atoms with Gasteiger partial charge in [0.25, 0.3) is 0 Å². The summed E-state index contributed by atoms with van der Waals surface area (Å²) in [4.78, 5) is 0. The second kappa shape index (κ2) is 6.75. The number of hydrogen-bond donors (Lipinski definition) is 2. The van der Waals surface area contributed by atoms with E-state index in [1.165, 1.54) is 25.7 Å². The molecule has 2 N–H and O–H groups in total. The van der Waals surface area contributed by atoms with E-state index in [1.807, 2.05) is 0 Å². The van der Waals surface area contributed by atoms with E-state index in [4.69, 9.17) is 0 Å². The van der Waals surface area contributed by atoms with E-state index in [9.17, 15) is 8.42 Å². The van der Waals surface area contributed by atoms with Gasteiger partial charge in [-0.15, -0.1) is 0 Å². The first-order valence-corrected chi connectivity index (χ1v) is 9.67. The highest BCUT2D eigenvalue weighted by atomic mass is 32.2. The second-order valence-corrected chi connectivity index (χ2v) is 9.18. The predicted octanol–water partition coefficient (Wildman–Crippen LogP) is 2.26. The molecule has 0 aromatic rings. The summed E-state index contributed by atoms with van der Waals surface area (Å²) in [6, 6.07) is 0. The molecule has 1 unspecified atom stereocenters. The Morgan fingerprint density at radius 3 is 2.50 bits per heavy atom. The Kier molecular flexibility index (Phi) is 5.49. The average Bonchev–Trinajstić information content (AvgIpc) is 2.86. The van der Waals surface area contributed by atoms with Crippen LogP contribution in [0.1, 0.15) is 58.8 Å². The number of piperidine rings is 1. The summed E-state index contributed by atoms with van der Waals surface area (Å²) < 4.78 is 27.8. The minimum Gasteiger partial charge on any atom is -0.315 e. The molecule has 2 rings (SSSR count). The average molecular weight is 302 g/mol. The highest BCUT2D eigenvalue weighted by Gasteiger charge is 2.36. The largest absolute Gasteiger partial charge is 0.315 e. The van der Waals surface area contributed by atoms with Crippen LogP contribution in [0.2, 0.25) is 0 Å². The van der Waals surface area contributed by atoms with E-state index in [0.29, 0.717) is 19.0 Å². The molecule has 0 radical (unpaired) electrons. The van der Waals surface area contributed by atoms with Crippen LogP contribution in [-0.4, -0.2) is 33.3 Å². The van der Waals surface area contributed by atoms with Crippen molar-refractivity contribution in [2.75, 3.05) is 19.6 Å². The van der Waals surface area contributed by atoms with Crippen molar-refractivity contribution in [2.24, 2.45) is 11.3 Å². The van der Waals surface area contributed by atoms with Crippen LogP contribution in [0, 0.1) is 11.3 Å². The first kappa shape index (κ1) is 16.2. The maximum absolute atomic E-state index is 12.4. The fraction of sp³-hybridized carbons (Fsp3) is 1.00. The van der Waals surface area contributed by atoms with Gasteiger partial charge in [0.15, 0.2) is 0 Å². The molecule has 4 nitrogen and oxygen atoms in total. The van der Waals surface area contributed by atoms with Crippen LogP contribution in [0.25, 0.3) is 0 Å². The number of rotatable bonds is 6. The molecule has 0 aromatic carbocycles. The minimum atomic E-state index is -3.16. The van der Waals surface area contributed by atoms with Crippen LogP contribution < -0.4 is 10.0 Å². The summed E-state index contributed by atoms with van der Waals surface area (Å²) >= 11 is 0. The fourth-order valence-electron chi connectivity index (χ4n) is 3.90. The van der Waals surface area contributed by atoms with Crippen LogP contribution in [0.15, 0.2) is 0 Å². The third-order valence-electron chi connectivity index (χ3n) is 4.84. The normalized spacial score (nSPS) is 27.1. The van der Waals surface area contributed by atoms with Crippen molar-refractivity contribution in [2.45, 2.75) is 64.0 Å². The van der Waals surface area contributed by atoms with Crippen LogP contribution in [0.4, 0.5) is 0 Å². The predicted molar refractivity (Wildman–Crippen MR) is 83.2 cm³/mol. The minimum absolute atomic E-state index is 0.212. The standard InChI is InChI=1S/C15H30N2O2S/c1-13(2)10-15(7-3-4-8-15)12-17-20(18,19)14-6-5-9-16-11-14/h13-14,16-17H,3-12H2,1-2H3. The quantitative estimate of drug-likeness (QED) is 0.791. The molecule has 0 amide bonds. The lowest BCUT2D eigenvalue weighted by Gasteiger charge is -2.32. The van der Waals surface area contributed by atoms with Crippen molar-refractivity contribution >= 4 is 10.0 Å². The molecule has 1 saturated heterocycles. The van der Waals surface area contributed by atoms with E-state index in [2.05, 4.69) is 23.9 Å². The molecule has 118 valence electrons. The molecular formula is C15H30N2O2S. The highest BCUT2D eigenvalue weighted by molar-refractivity contribution is 7.90. The third kappa shape index (κ3) is 4.18. The zero-order valence-electron chi connectivity index (χ0n) is 13.0. The lowest BCUT2D eigenvalue weighted by molar-refractivity contribution is 0.236. The molecule has 1 heterocycles. The Morgan fingerprint density at radius 2 is 1.95 bits per heavy atom. The molecule has 1 saturated carbocycles. The van der Waals surface area contributed by atoms with Crippen molar-refractivity contribution in [3.05, 3.63) is 0 Å². The van der Waals surface area contributed by atoms with Crippen molar-refractivity contribution in [3.63, 3.8) is 0 Å². The van der Waals surface area contributed by atoms with Gasteiger partial charge in [-0.2, -0.15) is 0 Å². The first-order valence-electron chi connectivity index (χ1n) is 8.13. The molecular weight excluding hydrogens is 272 g/mol. The van der Waals surface area contributed by atoms with E-state index >= 15 is 0 Å². The summed E-state index contributed by atoms with van der Waals surface area (Å²) in [7, 11) is -3.16. The molecule has 1 atom stereocenters. The van der Waals surface area contributed by atoms with Crippen LogP contribution in [-0.2, 0) is 10.0 Å². The Labute approximate surface area is 124 Å². The van der Waals surface area contributed by atoms with Crippen molar-refractivity contribution in [1.29, 1.82) is 0 Å². The van der Waals surface area contributed by atoms with E-state index in [-0.39, 0.29) is 10.7 Å². The second-order valence-electron chi connectivity index (χ2n) is 7.14. The summed E-state index contributed by atoms with van der Waals surface area (Å²) in [5.74, 6) is 0.633. The molecule has 1 aliphatic heterocycles. The van der Waals surface area contributed by atoms with Crippen molar-refractivity contribution < 1.29 is 8.42 Å². The summed E-state index contributed by atoms with van der Waals surface area (Å²) in [5, 5.41) is 2.95. The van der Waals surface area contributed by atoms with Gasteiger partial charge in [-0.05, 0) is 50.0 Å². The van der Waals surface area contributed by atoms with Gasteiger partial charge in [0.2, 0.25) is 10.0 Å². The zero-order valence-corrected chi connectivity index (χ0v) is 13.8. The lowest BCUT2D eigenvalue weighted by atomic mass is 9.79. The van der Waals surface area contributed by atoms with E-state index in [0.717, 1.165) is 25.8 Å². The van der Waals surface area contributed by atoms with Crippen LogP contribution in [0.5, 0.6) is 0 Å². The Balaban J connectivity index is 1.94. The summed E-state index contributed by atoms with van der Waals surface area (Å²) in [6.07, 6.45) is 7.74. The number of hydrogen-bond acceptors (Lipinski definition) is 3. The molecule has 2 fully saturated rings. The number of sulfonamides is 1. The number of nitrogens with one attached hydrogen (secondary N) is 2. The van der Waals surface area contributed by atoms with Crippen LogP contribution in [0.3, 0.4) is 0 Å². The molecule has 0 aromatic heterocycles.